The van der Waals surface area contributed by atoms with E-state index in [1.807, 2.05) is 6.07 Å². The first-order chi connectivity index (χ1) is 11.6. The highest BCUT2D eigenvalue weighted by molar-refractivity contribution is 5.26. The molecule has 0 amide bonds. The molecule has 0 radical (unpaired) electrons. The summed E-state index contributed by atoms with van der Waals surface area (Å²) in [7, 11) is 0. The van der Waals surface area contributed by atoms with Crippen molar-refractivity contribution >= 4 is 0 Å². The van der Waals surface area contributed by atoms with Crippen molar-refractivity contribution in [1.29, 1.82) is 0 Å². The summed E-state index contributed by atoms with van der Waals surface area (Å²) in [6.45, 7) is 8.53. The summed E-state index contributed by atoms with van der Waals surface area (Å²) in [6.07, 6.45) is -0.439. The first-order valence-electron chi connectivity index (χ1n) is 8.70. The summed E-state index contributed by atoms with van der Waals surface area (Å²) in [5.74, 6) is -0.188. The smallest absolute Gasteiger partial charge is 0.126 e. The van der Waals surface area contributed by atoms with Crippen molar-refractivity contribution in [2.24, 2.45) is 0 Å². The molecule has 5 nitrogen and oxygen atoms in total. The Labute approximate surface area is 143 Å². The molecular weight excluding hydrogens is 311 g/mol. The van der Waals surface area contributed by atoms with Gasteiger partial charge in [-0.15, -0.1) is 0 Å². The number of aliphatic hydroxyl groups is 1. The topological polar surface area (TPSA) is 45.2 Å². The Balaban J connectivity index is 1.52. The monoisotopic (exact) mass is 338 g/mol. The molecule has 6 heteroatoms. The molecule has 1 N–H and O–H groups in total. The fourth-order valence-corrected chi connectivity index (χ4v) is 3.38. The lowest BCUT2D eigenvalue weighted by Gasteiger charge is -2.35. The number of hydrogen-bond donors (Lipinski definition) is 1. The fourth-order valence-electron chi connectivity index (χ4n) is 3.38. The predicted molar refractivity (Wildman–Crippen MR) is 89.5 cm³/mol. The van der Waals surface area contributed by atoms with Crippen molar-refractivity contribution in [3.63, 3.8) is 0 Å². The molecule has 2 saturated heterocycles. The Morgan fingerprint density at radius 2 is 1.88 bits per heavy atom. The molecule has 3 rings (SSSR count). The van der Waals surface area contributed by atoms with Gasteiger partial charge in [0.25, 0.3) is 0 Å². The second-order valence-electron chi connectivity index (χ2n) is 6.69. The molecule has 0 saturated carbocycles. The lowest BCUT2D eigenvalue weighted by atomic mass is 10.0. The van der Waals surface area contributed by atoms with Crippen molar-refractivity contribution in [1.82, 2.24) is 9.80 Å². The van der Waals surface area contributed by atoms with Gasteiger partial charge in [-0.05, 0) is 24.1 Å². The molecule has 134 valence electrons. The van der Waals surface area contributed by atoms with Crippen molar-refractivity contribution in [3.8, 4) is 0 Å². The largest absolute Gasteiger partial charge is 0.390 e. The van der Waals surface area contributed by atoms with E-state index in [0.29, 0.717) is 25.3 Å². The summed E-state index contributed by atoms with van der Waals surface area (Å²) in [4.78, 5) is 4.48. The maximum Gasteiger partial charge on any atom is 0.126 e. The SMILES string of the molecule is Cc1cc(C2CN(CC(O)CN3CCOCC3)CCO2)ccc1F. The van der Waals surface area contributed by atoms with E-state index in [1.165, 1.54) is 6.07 Å². The van der Waals surface area contributed by atoms with E-state index in [1.54, 1.807) is 13.0 Å². The van der Waals surface area contributed by atoms with Crippen LogP contribution in [0.25, 0.3) is 0 Å². The molecule has 2 heterocycles. The van der Waals surface area contributed by atoms with Crippen LogP contribution in [0.3, 0.4) is 0 Å². The number of morpholine rings is 2. The minimum absolute atomic E-state index is 0.0614. The number of ether oxygens (including phenoxy) is 2. The first-order valence-corrected chi connectivity index (χ1v) is 8.70. The maximum atomic E-state index is 13.4. The highest BCUT2D eigenvalue weighted by atomic mass is 19.1. The molecule has 2 fully saturated rings. The van der Waals surface area contributed by atoms with E-state index >= 15 is 0 Å². The van der Waals surface area contributed by atoms with Crippen LogP contribution in [0.1, 0.15) is 17.2 Å². The minimum atomic E-state index is -0.378. The van der Waals surface area contributed by atoms with Crippen molar-refractivity contribution in [3.05, 3.63) is 35.1 Å². The Bertz CT molecular complexity index is 537. The van der Waals surface area contributed by atoms with Crippen molar-refractivity contribution in [2.45, 2.75) is 19.1 Å². The lowest BCUT2D eigenvalue weighted by molar-refractivity contribution is -0.0486. The van der Waals surface area contributed by atoms with Gasteiger partial charge in [0.2, 0.25) is 0 Å². The first kappa shape index (κ1) is 17.8. The molecule has 1 aromatic carbocycles. The third kappa shape index (κ3) is 4.74. The Kier molecular flexibility index (Phi) is 6.19. The van der Waals surface area contributed by atoms with Crippen LogP contribution in [0.5, 0.6) is 0 Å². The van der Waals surface area contributed by atoms with Gasteiger partial charge in [0, 0.05) is 39.3 Å². The van der Waals surface area contributed by atoms with Gasteiger partial charge in [0.05, 0.1) is 32.0 Å². The van der Waals surface area contributed by atoms with E-state index in [0.717, 1.165) is 45.0 Å². The highest BCUT2D eigenvalue weighted by Crippen LogP contribution is 2.24. The predicted octanol–water partition coefficient (Wildman–Crippen LogP) is 1.20. The van der Waals surface area contributed by atoms with E-state index in [-0.39, 0.29) is 18.0 Å². The molecule has 2 aliphatic heterocycles. The molecule has 2 unspecified atom stereocenters. The van der Waals surface area contributed by atoms with Crippen LogP contribution in [0.4, 0.5) is 4.39 Å². The summed E-state index contributed by atoms with van der Waals surface area (Å²) in [6, 6.07) is 5.15. The van der Waals surface area contributed by atoms with Crippen LogP contribution in [0, 0.1) is 12.7 Å². The van der Waals surface area contributed by atoms with Crippen LogP contribution < -0.4 is 0 Å². The summed E-state index contributed by atoms with van der Waals surface area (Å²) >= 11 is 0. The van der Waals surface area contributed by atoms with Gasteiger partial charge in [-0.25, -0.2) is 4.39 Å². The van der Waals surface area contributed by atoms with Crippen LogP contribution in [0.15, 0.2) is 18.2 Å². The molecule has 0 bridgehead atoms. The van der Waals surface area contributed by atoms with Gasteiger partial charge in [-0.3, -0.25) is 9.80 Å². The molecule has 1 aromatic rings. The number of aliphatic hydroxyl groups excluding tert-OH is 1. The zero-order valence-corrected chi connectivity index (χ0v) is 14.3. The van der Waals surface area contributed by atoms with Gasteiger partial charge < -0.3 is 14.6 Å². The van der Waals surface area contributed by atoms with Crippen molar-refractivity contribution < 1.29 is 19.0 Å². The summed E-state index contributed by atoms with van der Waals surface area (Å²) in [5.41, 5.74) is 1.64. The number of β-amino-alcohol motifs (C(OH)–C–C–N with tert-alkyl or cyclic N) is 1. The second kappa shape index (κ2) is 8.36. The van der Waals surface area contributed by atoms with Gasteiger partial charge >= 0.3 is 0 Å². The molecule has 0 aliphatic carbocycles. The van der Waals surface area contributed by atoms with E-state index in [2.05, 4.69) is 9.80 Å². The number of aryl methyl sites for hydroxylation is 1. The standard InChI is InChI=1S/C18H27FN2O3/c1-14-10-15(2-3-17(14)19)18-13-21(6-9-24-18)12-16(22)11-20-4-7-23-8-5-20/h2-3,10,16,18,22H,4-9,11-13H2,1H3. The van der Waals surface area contributed by atoms with Gasteiger partial charge in [-0.1, -0.05) is 12.1 Å². The van der Waals surface area contributed by atoms with E-state index in [9.17, 15) is 9.50 Å². The number of rotatable bonds is 5. The third-order valence-electron chi connectivity index (χ3n) is 4.75. The highest BCUT2D eigenvalue weighted by Gasteiger charge is 2.25. The van der Waals surface area contributed by atoms with E-state index in [4.69, 9.17) is 9.47 Å². The van der Waals surface area contributed by atoms with Crippen LogP contribution in [0.2, 0.25) is 0 Å². The summed E-state index contributed by atoms with van der Waals surface area (Å²) < 4.78 is 24.6. The second-order valence-corrected chi connectivity index (χ2v) is 6.69. The lowest BCUT2D eigenvalue weighted by Crippen LogP contribution is -2.47. The number of nitrogens with zero attached hydrogens (tertiary/aromatic N) is 2. The zero-order chi connectivity index (χ0) is 16.9. The average Bonchev–Trinajstić information content (AvgIpc) is 2.58. The third-order valence-corrected chi connectivity index (χ3v) is 4.75. The Morgan fingerprint density at radius 3 is 2.62 bits per heavy atom. The van der Waals surface area contributed by atoms with Crippen LogP contribution >= 0.6 is 0 Å². The van der Waals surface area contributed by atoms with E-state index < -0.39 is 0 Å². The van der Waals surface area contributed by atoms with Crippen molar-refractivity contribution in [2.75, 3.05) is 59.1 Å². The molecular formula is C18H27FN2O3. The van der Waals surface area contributed by atoms with Gasteiger partial charge in [-0.2, -0.15) is 0 Å². The molecule has 2 aliphatic rings. The molecule has 2 atom stereocenters. The Morgan fingerprint density at radius 1 is 1.17 bits per heavy atom. The normalized spacial score (nSPS) is 24.9. The molecule has 24 heavy (non-hydrogen) atoms. The maximum absolute atomic E-state index is 13.4. The summed E-state index contributed by atoms with van der Waals surface area (Å²) in [5, 5.41) is 10.4. The quantitative estimate of drug-likeness (QED) is 0.874. The molecule has 0 aromatic heterocycles. The minimum Gasteiger partial charge on any atom is -0.390 e. The molecule has 0 spiro atoms. The Hall–Kier alpha value is -1.05. The fraction of sp³-hybridized carbons (Fsp3) is 0.667. The number of halogens is 1. The van der Waals surface area contributed by atoms with Crippen LogP contribution in [-0.2, 0) is 9.47 Å². The van der Waals surface area contributed by atoms with Gasteiger partial charge in [0.1, 0.15) is 5.82 Å². The number of benzene rings is 1. The number of hydrogen-bond acceptors (Lipinski definition) is 5. The zero-order valence-electron chi connectivity index (χ0n) is 14.3. The van der Waals surface area contributed by atoms with Gasteiger partial charge in [0.15, 0.2) is 0 Å². The van der Waals surface area contributed by atoms with Crippen LogP contribution in [-0.4, -0.2) is 80.1 Å². The average molecular weight is 338 g/mol.